The molecule has 10 nitrogen and oxygen atoms in total. The lowest BCUT2D eigenvalue weighted by Crippen LogP contribution is -2.53. The molecule has 1 heterocycles. The summed E-state index contributed by atoms with van der Waals surface area (Å²) in [4.78, 5) is 34.5. The molecule has 2 amide bonds. The van der Waals surface area contributed by atoms with Crippen molar-refractivity contribution < 1.29 is 38.6 Å². The fourth-order valence-electron chi connectivity index (χ4n) is 2.74. The summed E-state index contributed by atoms with van der Waals surface area (Å²) in [5.41, 5.74) is 5.20. The van der Waals surface area contributed by atoms with E-state index in [0.29, 0.717) is 5.56 Å². The highest BCUT2D eigenvalue weighted by Crippen LogP contribution is 2.34. The maximum absolute atomic E-state index is 11.9. The van der Waals surface area contributed by atoms with Gasteiger partial charge in [0.1, 0.15) is 5.75 Å². The molecule has 1 aliphatic heterocycles. The van der Waals surface area contributed by atoms with Crippen molar-refractivity contribution in [1.82, 2.24) is 5.32 Å². The lowest BCUT2D eigenvalue weighted by atomic mass is 9.72. The predicted octanol–water partition coefficient (Wildman–Crippen LogP) is -0.0542. The van der Waals surface area contributed by atoms with Crippen LogP contribution in [0.15, 0.2) is 18.2 Å². The van der Waals surface area contributed by atoms with Gasteiger partial charge in [0.25, 0.3) is 0 Å². The van der Waals surface area contributed by atoms with Gasteiger partial charge >= 0.3 is 13.1 Å². The first-order valence-electron chi connectivity index (χ1n) is 9.50. The molecule has 1 aromatic rings. The van der Waals surface area contributed by atoms with Crippen molar-refractivity contribution in [3.8, 4) is 5.75 Å². The van der Waals surface area contributed by atoms with E-state index in [1.54, 1.807) is 39.0 Å². The van der Waals surface area contributed by atoms with Crippen molar-refractivity contribution in [2.75, 3.05) is 6.79 Å². The number of carbonyl (C=O) groups excluding carboxylic acids is 3. The number of para-hydroxylation sites is 1. The van der Waals surface area contributed by atoms with Crippen LogP contribution in [0.1, 0.15) is 51.0 Å². The number of rotatable bonds is 8. The van der Waals surface area contributed by atoms with E-state index >= 15 is 0 Å². The first kappa shape index (κ1) is 23.7. The highest BCUT2D eigenvalue weighted by Gasteiger charge is 2.37. The van der Waals surface area contributed by atoms with E-state index in [-0.39, 0.29) is 30.6 Å². The number of amides is 2. The smallest absolute Gasteiger partial charge is 0.534 e. The zero-order valence-electron chi connectivity index (χ0n) is 17.2. The van der Waals surface area contributed by atoms with Crippen molar-refractivity contribution in [1.29, 1.82) is 0 Å². The molecule has 0 radical (unpaired) electrons. The number of nitrogens with two attached hydrogens (primary N) is 1. The SMILES string of the molecule is CC(C)(C)C(=O)OCOC(O)c1cccc2c1OB(O)[C@@H](NC(=O)CCC(N)=O)C2. The van der Waals surface area contributed by atoms with Gasteiger partial charge in [-0.05, 0) is 32.8 Å². The first-order valence-corrected chi connectivity index (χ1v) is 9.50. The third-order valence-electron chi connectivity index (χ3n) is 4.39. The van der Waals surface area contributed by atoms with Gasteiger partial charge in [-0.15, -0.1) is 0 Å². The molecule has 1 aromatic carbocycles. The number of aliphatic hydroxyl groups is 1. The van der Waals surface area contributed by atoms with Crippen LogP contribution in [0.2, 0.25) is 0 Å². The van der Waals surface area contributed by atoms with Gasteiger partial charge in [0.2, 0.25) is 11.8 Å². The van der Waals surface area contributed by atoms with Gasteiger partial charge in [-0.25, -0.2) is 0 Å². The molecule has 2 atom stereocenters. The van der Waals surface area contributed by atoms with Gasteiger partial charge in [-0.1, -0.05) is 18.2 Å². The number of esters is 1. The Kier molecular flexibility index (Phi) is 7.82. The van der Waals surface area contributed by atoms with Crippen LogP contribution in [0.3, 0.4) is 0 Å². The summed E-state index contributed by atoms with van der Waals surface area (Å²) in [5, 5.41) is 23.2. The summed E-state index contributed by atoms with van der Waals surface area (Å²) in [6.07, 6.45) is -1.41. The molecule has 1 unspecified atom stereocenters. The number of hydrogen-bond donors (Lipinski definition) is 4. The molecule has 0 aromatic heterocycles. The normalized spacial score (nSPS) is 16.8. The van der Waals surface area contributed by atoms with E-state index in [1.165, 1.54) is 0 Å². The Hall–Kier alpha value is -2.63. The van der Waals surface area contributed by atoms with Crippen LogP contribution in [0, 0.1) is 5.41 Å². The van der Waals surface area contributed by atoms with E-state index in [9.17, 15) is 24.5 Å². The number of carbonyl (C=O) groups is 3. The maximum Gasteiger partial charge on any atom is 0.547 e. The van der Waals surface area contributed by atoms with Gasteiger partial charge in [-0.3, -0.25) is 14.4 Å². The summed E-state index contributed by atoms with van der Waals surface area (Å²) in [6, 6.07) is 4.93. The van der Waals surface area contributed by atoms with Crippen LogP contribution in [-0.2, 0) is 30.3 Å². The molecule has 0 bridgehead atoms. The number of primary amides is 1. The van der Waals surface area contributed by atoms with Crippen molar-refractivity contribution in [2.45, 2.75) is 52.3 Å². The minimum absolute atomic E-state index is 0.0920. The molecule has 0 spiro atoms. The monoisotopic (exact) mass is 422 g/mol. The van der Waals surface area contributed by atoms with Gasteiger partial charge in [0.05, 0.1) is 11.4 Å². The molecule has 0 fully saturated rings. The van der Waals surface area contributed by atoms with Crippen molar-refractivity contribution in [2.24, 2.45) is 11.1 Å². The number of fused-ring (bicyclic) bond motifs is 1. The molecule has 5 N–H and O–H groups in total. The average Bonchev–Trinajstić information content (AvgIpc) is 2.65. The van der Waals surface area contributed by atoms with Crippen LogP contribution >= 0.6 is 0 Å². The second-order valence-corrected chi connectivity index (χ2v) is 8.01. The Morgan fingerprint density at radius 2 is 2.03 bits per heavy atom. The molecule has 164 valence electrons. The molecule has 0 saturated carbocycles. The Bertz CT molecular complexity index is 795. The topological polar surface area (TPSA) is 157 Å². The van der Waals surface area contributed by atoms with Gasteiger partial charge < -0.3 is 35.3 Å². The number of ether oxygens (including phenoxy) is 2. The second kappa shape index (κ2) is 9.92. The zero-order valence-corrected chi connectivity index (χ0v) is 17.2. The summed E-state index contributed by atoms with van der Waals surface area (Å²) in [7, 11) is -1.37. The highest BCUT2D eigenvalue weighted by molar-refractivity contribution is 6.46. The fourth-order valence-corrected chi connectivity index (χ4v) is 2.74. The summed E-state index contributed by atoms with van der Waals surface area (Å²) >= 11 is 0. The van der Waals surface area contributed by atoms with E-state index in [1.807, 2.05) is 0 Å². The number of aliphatic hydroxyl groups excluding tert-OH is 1. The van der Waals surface area contributed by atoms with Crippen molar-refractivity contribution in [3.05, 3.63) is 29.3 Å². The van der Waals surface area contributed by atoms with E-state index in [2.05, 4.69) is 5.32 Å². The number of hydrogen-bond acceptors (Lipinski definition) is 8. The van der Waals surface area contributed by atoms with Crippen LogP contribution in [0.5, 0.6) is 5.75 Å². The molecular weight excluding hydrogens is 395 g/mol. The number of benzene rings is 1. The maximum atomic E-state index is 11.9. The third kappa shape index (κ3) is 6.44. The van der Waals surface area contributed by atoms with Crippen LogP contribution < -0.4 is 15.7 Å². The highest BCUT2D eigenvalue weighted by atomic mass is 16.7. The third-order valence-corrected chi connectivity index (χ3v) is 4.39. The van der Waals surface area contributed by atoms with Crippen LogP contribution in [-0.4, -0.2) is 47.8 Å². The first-order chi connectivity index (χ1) is 14.0. The van der Waals surface area contributed by atoms with Crippen molar-refractivity contribution >= 4 is 24.9 Å². The van der Waals surface area contributed by atoms with Gasteiger partial charge in [-0.2, -0.15) is 0 Å². The molecule has 0 aliphatic carbocycles. The lowest BCUT2D eigenvalue weighted by molar-refractivity contribution is -0.193. The Balaban J connectivity index is 2.00. The molecular formula is C19H27BN2O8. The summed E-state index contributed by atoms with van der Waals surface area (Å²) < 4.78 is 15.7. The number of nitrogens with one attached hydrogen (secondary N) is 1. The standard InChI is InChI=1S/C19H27BN2O8/c1-19(2,3)18(26)29-10-28-17(25)12-6-4-5-11-9-13(20(27)30-16(11)12)22-15(24)8-7-14(21)23/h4-6,13,17,25,27H,7-10H2,1-3H3,(H2,21,23)(H,22,24)/t13-,17?/m0/s1. The predicted molar refractivity (Wildman–Crippen MR) is 106 cm³/mol. The minimum Gasteiger partial charge on any atom is -0.534 e. The van der Waals surface area contributed by atoms with Gasteiger partial charge in [0, 0.05) is 18.4 Å². The second-order valence-electron chi connectivity index (χ2n) is 8.01. The van der Waals surface area contributed by atoms with Crippen molar-refractivity contribution in [3.63, 3.8) is 0 Å². The molecule has 2 rings (SSSR count). The zero-order chi connectivity index (χ0) is 22.5. The minimum atomic E-state index is -1.46. The largest absolute Gasteiger partial charge is 0.547 e. The van der Waals surface area contributed by atoms with Crippen LogP contribution in [0.25, 0.3) is 0 Å². The Labute approximate surface area is 174 Å². The lowest BCUT2D eigenvalue weighted by Gasteiger charge is -2.30. The molecule has 1 aliphatic rings. The Morgan fingerprint density at radius 1 is 1.33 bits per heavy atom. The quantitative estimate of drug-likeness (QED) is 0.258. The van der Waals surface area contributed by atoms with E-state index in [4.69, 9.17) is 19.9 Å². The fraction of sp³-hybridized carbons (Fsp3) is 0.526. The molecule has 11 heteroatoms. The molecule has 30 heavy (non-hydrogen) atoms. The summed E-state index contributed by atoms with van der Waals surface area (Å²) in [5.74, 6) is -2.03. The van der Waals surface area contributed by atoms with Crippen LogP contribution in [0.4, 0.5) is 0 Å². The van der Waals surface area contributed by atoms with E-state index in [0.717, 1.165) is 0 Å². The molecule has 0 saturated heterocycles. The van der Waals surface area contributed by atoms with Gasteiger partial charge in [0.15, 0.2) is 13.1 Å². The Morgan fingerprint density at radius 3 is 2.67 bits per heavy atom. The van der Waals surface area contributed by atoms with E-state index < -0.39 is 49.3 Å². The summed E-state index contributed by atoms with van der Waals surface area (Å²) in [6.45, 7) is 4.62. The average molecular weight is 422 g/mol.